The van der Waals surface area contributed by atoms with E-state index in [1.165, 1.54) is 0 Å². The van der Waals surface area contributed by atoms with E-state index in [-0.39, 0.29) is 0 Å². The van der Waals surface area contributed by atoms with E-state index in [9.17, 15) is 5.26 Å². The maximum Gasteiger partial charge on any atom is 0.148 e. The first kappa shape index (κ1) is 13.1. The molecule has 0 unspecified atom stereocenters. The van der Waals surface area contributed by atoms with E-state index < -0.39 is 0 Å². The number of fused-ring (bicyclic) bond motifs is 1. The predicted molar refractivity (Wildman–Crippen MR) is 83.5 cm³/mol. The molecule has 4 heteroatoms. The second kappa shape index (κ2) is 5.22. The van der Waals surface area contributed by atoms with Gasteiger partial charge >= 0.3 is 0 Å². The molecule has 102 valence electrons. The smallest absolute Gasteiger partial charge is 0.148 e. The Morgan fingerprint density at radius 3 is 2.81 bits per heavy atom. The van der Waals surface area contributed by atoms with Crippen LogP contribution in [0.5, 0.6) is 0 Å². The van der Waals surface area contributed by atoms with Gasteiger partial charge in [0.1, 0.15) is 11.9 Å². The zero-order chi connectivity index (χ0) is 14.8. The summed E-state index contributed by atoms with van der Waals surface area (Å²) in [5.41, 5.74) is 4.18. The van der Waals surface area contributed by atoms with E-state index in [4.69, 9.17) is 0 Å². The number of hydrogen-bond donors (Lipinski definition) is 1. The second-order valence-electron chi connectivity index (χ2n) is 4.92. The molecule has 0 fully saturated rings. The number of nitriles is 1. The van der Waals surface area contributed by atoms with Crippen LogP contribution in [-0.2, 0) is 0 Å². The summed E-state index contributed by atoms with van der Waals surface area (Å²) in [7, 11) is 0. The lowest BCUT2D eigenvalue weighted by Crippen LogP contribution is -2.01. The van der Waals surface area contributed by atoms with Crippen molar-refractivity contribution < 1.29 is 0 Å². The Balaban J connectivity index is 2.14. The van der Waals surface area contributed by atoms with E-state index in [1.54, 1.807) is 6.20 Å². The maximum atomic E-state index is 9.34. The van der Waals surface area contributed by atoms with E-state index in [1.807, 2.05) is 50.2 Å². The van der Waals surface area contributed by atoms with Crippen molar-refractivity contribution in [3.05, 3.63) is 59.4 Å². The van der Waals surface area contributed by atoms with Crippen LogP contribution < -0.4 is 5.32 Å². The Labute approximate surface area is 123 Å². The van der Waals surface area contributed by atoms with Crippen molar-refractivity contribution in [2.45, 2.75) is 13.8 Å². The lowest BCUT2D eigenvalue weighted by atomic mass is 10.1. The van der Waals surface area contributed by atoms with Gasteiger partial charge in [-0.05, 0) is 49.7 Å². The minimum atomic E-state index is 0.571. The van der Waals surface area contributed by atoms with Gasteiger partial charge < -0.3 is 5.32 Å². The second-order valence-corrected chi connectivity index (χ2v) is 4.92. The van der Waals surface area contributed by atoms with Gasteiger partial charge in [-0.15, -0.1) is 0 Å². The van der Waals surface area contributed by atoms with Crippen molar-refractivity contribution in [1.29, 1.82) is 5.26 Å². The number of aromatic nitrogens is 2. The molecule has 0 bridgehead atoms. The van der Waals surface area contributed by atoms with Crippen molar-refractivity contribution in [2.75, 3.05) is 5.32 Å². The van der Waals surface area contributed by atoms with Gasteiger partial charge in [0.25, 0.3) is 0 Å². The molecule has 4 nitrogen and oxygen atoms in total. The summed E-state index contributed by atoms with van der Waals surface area (Å²) in [6.45, 7) is 3.84. The molecule has 3 rings (SSSR count). The number of rotatable bonds is 2. The van der Waals surface area contributed by atoms with Crippen LogP contribution in [0.15, 0.2) is 42.6 Å². The fourth-order valence-electron chi connectivity index (χ4n) is 2.41. The lowest BCUT2D eigenvalue weighted by molar-refractivity contribution is 1.16. The minimum absolute atomic E-state index is 0.571. The number of hydrogen-bond acceptors (Lipinski definition) is 4. The fraction of sp³-hybridized carbons (Fsp3) is 0.118. The van der Waals surface area contributed by atoms with E-state index in [0.29, 0.717) is 11.4 Å². The highest BCUT2D eigenvalue weighted by molar-refractivity contribution is 5.93. The van der Waals surface area contributed by atoms with Crippen molar-refractivity contribution in [3.8, 4) is 6.07 Å². The van der Waals surface area contributed by atoms with Gasteiger partial charge in [-0.2, -0.15) is 5.26 Å². The molecule has 0 saturated carbocycles. The number of nitrogens with zero attached hydrogens (tertiary/aromatic N) is 3. The molecule has 0 aliphatic heterocycles. The minimum Gasteiger partial charge on any atom is -0.339 e. The number of pyridine rings is 2. The molecule has 1 N–H and O–H groups in total. The highest BCUT2D eigenvalue weighted by Crippen LogP contribution is 2.27. The van der Waals surface area contributed by atoms with Gasteiger partial charge in [0.2, 0.25) is 0 Å². The largest absolute Gasteiger partial charge is 0.339 e. The third-order valence-electron chi connectivity index (χ3n) is 3.36. The first-order chi connectivity index (χ1) is 10.2. The molecule has 2 aromatic heterocycles. The number of benzene rings is 1. The summed E-state index contributed by atoms with van der Waals surface area (Å²) >= 11 is 0. The molecule has 0 aliphatic rings. The summed E-state index contributed by atoms with van der Waals surface area (Å²) in [4.78, 5) is 8.79. The third-order valence-corrected chi connectivity index (χ3v) is 3.36. The summed E-state index contributed by atoms with van der Waals surface area (Å²) < 4.78 is 0. The summed E-state index contributed by atoms with van der Waals surface area (Å²) in [6.07, 6.45) is 1.77. The molecule has 0 atom stereocenters. The Kier molecular flexibility index (Phi) is 3.25. The fourth-order valence-corrected chi connectivity index (χ4v) is 2.41. The molecule has 3 aromatic rings. The van der Waals surface area contributed by atoms with Crippen LogP contribution in [0.1, 0.15) is 16.8 Å². The van der Waals surface area contributed by atoms with Crippen LogP contribution in [0.25, 0.3) is 10.9 Å². The summed E-state index contributed by atoms with van der Waals surface area (Å²) in [5, 5.41) is 13.6. The molecule has 21 heavy (non-hydrogen) atoms. The Bertz CT molecular complexity index is 857. The molecule has 0 spiro atoms. The molecular formula is C17H14N4. The quantitative estimate of drug-likeness (QED) is 0.770. The molecule has 0 aliphatic carbocycles. The zero-order valence-corrected chi connectivity index (χ0v) is 11.9. The zero-order valence-electron chi connectivity index (χ0n) is 11.9. The third kappa shape index (κ3) is 2.41. The van der Waals surface area contributed by atoms with E-state index >= 15 is 0 Å². The van der Waals surface area contributed by atoms with Crippen molar-refractivity contribution in [1.82, 2.24) is 9.97 Å². The SMILES string of the molecule is Cc1cc(C)c(C#N)c(Nc2cccc3ncccc23)n1. The Hall–Kier alpha value is -2.93. The molecular weight excluding hydrogens is 260 g/mol. The first-order valence-corrected chi connectivity index (χ1v) is 6.68. The highest BCUT2D eigenvalue weighted by atomic mass is 15.0. The summed E-state index contributed by atoms with van der Waals surface area (Å²) in [6, 6.07) is 13.9. The average Bonchev–Trinajstić information content (AvgIpc) is 2.47. The van der Waals surface area contributed by atoms with Crippen molar-refractivity contribution in [2.24, 2.45) is 0 Å². The molecule has 0 radical (unpaired) electrons. The van der Waals surface area contributed by atoms with E-state index in [2.05, 4.69) is 21.4 Å². The predicted octanol–water partition coefficient (Wildman–Crippen LogP) is 3.86. The van der Waals surface area contributed by atoms with Crippen LogP contribution in [0.2, 0.25) is 0 Å². The normalized spacial score (nSPS) is 10.3. The van der Waals surface area contributed by atoms with Gasteiger partial charge in [-0.1, -0.05) is 6.07 Å². The number of nitrogens with one attached hydrogen (secondary N) is 1. The monoisotopic (exact) mass is 274 g/mol. The molecule has 0 saturated heterocycles. The standard InChI is InChI=1S/C17H14N4/c1-11-9-12(2)20-17(14(11)10-18)21-16-7-3-6-15-13(16)5-4-8-19-15/h3-9H,1-2H3,(H,20,21). The summed E-state index contributed by atoms with van der Waals surface area (Å²) in [5.74, 6) is 0.589. The topological polar surface area (TPSA) is 61.6 Å². The van der Waals surface area contributed by atoms with Crippen molar-refractivity contribution >= 4 is 22.4 Å². The number of anilines is 2. The van der Waals surface area contributed by atoms with E-state index in [0.717, 1.165) is 27.8 Å². The van der Waals surface area contributed by atoms with Crippen molar-refractivity contribution in [3.63, 3.8) is 0 Å². The van der Waals surface area contributed by atoms with Crippen LogP contribution in [0.3, 0.4) is 0 Å². The lowest BCUT2D eigenvalue weighted by Gasteiger charge is -2.12. The van der Waals surface area contributed by atoms with Gasteiger partial charge in [0, 0.05) is 23.0 Å². The van der Waals surface area contributed by atoms with Gasteiger partial charge in [0.05, 0.1) is 11.1 Å². The Morgan fingerprint density at radius 2 is 2.00 bits per heavy atom. The van der Waals surface area contributed by atoms with Crippen LogP contribution in [0, 0.1) is 25.2 Å². The van der Waals surface area contributed by atoms with Gasteiger partial charge in [-0.3, -0.25) is 4.98 Å². The number of aryl methyl sites for hydroxylation is 2. The maximum absolute atomic E-state index is 9.34. The molecule has 1 aromatic carbocycles. The highest BCUT2D eigenvalue weighted by Gasteiger charge is 2.10. The Morgan fingerprint density at radius 1 is 1.14 bits per heavy atom. The van der Waals surface area contributed by atoms with Crippen LogP contribution >= 0.6 is 0 Å². The molecule has 0 amide bonds. The first-order valence-electron chi connectivity index (χ1n) is 6.68. The van der Waals surface area contributed by atoms with Gasteiger partial charge in [-0.25, -0.2) is 4.98 Å². The van der Waals surface area contributed by atoms with Gasteiger partial charge in [0.15, 0.2) is 0 Å². The van der Waals surface area contributed by atoms with Crippen LogP contribution in [0.4, 0.5) is 11.5 Å². The van der Waals surface area contributed by atoms with Crippen LogP contribution in [-0.4, -0.2) is 9.97 Å². The molecule has 2 heterocycles. The average molecular weight is 274 g/mol.